The summed E-state index contributed by atoms with van der Waals surface area (Å²) in [5, 5.41) is 3.46. The highest BCUT2D eigenvalue weighted by Crippen LogP contribution is 2.27. The zero-order valence-electron chi connectivity index (χ0n) is 14.5. The molecule has 1 amide bonds. The minimum absolute atomic E-state index is 0.307. The van der Waals surface area contributed by atoms with E-state index in [4.69, 9.17) is 25.5 Å². The van der Waals surface area contributed by atoms with Crippen LogP contribution < -0.4 is 15.7 Å². The minimum atomic E-state index is -0.969. The van der Waals surface area contributed by atoms with Crippen LogP contribution in [0.5, 0.6) is 5.75 Å². The summed E-state index contributed by atoms with van der Waals surface area (Å²) >= 11 is 9.20. The molecule has 0 atom stereocenters. The van der Waals surface area contributed by atoms with Gasteiger partial charge in [0.25, 0.3) is 5.91 Å². The first kappa shape index (κ1) is 19.9. The first-order valence-electron chi connectivity index (χ1n) is 7.91. The lowest BCUT2D eigenvalue weighted by Gasteiger charge is -2.10. The van der Waals surface area contributed by atoms with Gasteiger partial charge in [0.1, 0.15) is 16.9 Å². The van der Waals surface area contributed by atoms with Crippen LogP contribution in [-0.4, -0.2) is 25.6 Å². The number of carbonyl (C=O) groups excluding carboxylic acids is 2. The van der Waals surface area contributed by atoms with E-state index in [0.717, 1.165) is 4.47 Å². The van der Waals surface area contributed by atoms with Gasteiger partial charge in [-0.2, -0.15) is 0 Å². The van der Waals surface area contributed by atoms with Gasteiger partial charge in [-0.3, -0.25) is 4.79 Å². The maximum atomic E-state index is 12.2. The normalized spacial score (nSPS) is 10.5. The molecule has 2 aromatic carbocycles. The van der Waals surface area contributed by atoms with Crippen molar-refractivity contribution in [2.75, 3.05) is 19.0 Å². The lowest BCUT2D eigenvalue weighted by Crippen LogP contribution is -2.23. The molecule has 0 spiro atoms. The highest BCUT2D eigenvalue weighted by molar-refractivity contribution is 9.10. The number of fused-ring (bicyclic) bond motifs is 1. The Morgan fingerprint density at radius 3 is 2.71 bits per heavy atom. The summed E-state index contributed by atoms with van der Waals surface area (Å²) in [6.07, 6.45) is 0. The van der Waals surface area contributed by atoms with Gasteiger partial charge in [0.05, 0.1) is 12.8 Å². The molecule has 7 nitrogen and oxygen atoms in total. The predicted molar refractivity (Wildman–Crippen MR) is 107 cm³/mol. The summed E-state index contributed by atoms with van der Waals surface area (Å²) in [6, 6.07) is 11.0. The fraction of sp³-hybridized carbons (Fsp3) is 0.105. The number of nitrogens with one attached hydrogen (secondary N) is 1. The summed E-state index contributed by atoms with van der Waals surface area (Å²) < 4.78 is 15.9. The van der Waals surface area contributed by atoms with Gasteiger partial charge >= 0.3 is 11.6 Å². The van der Waals surface area contributed by atoms with Crippen molar-refractivity contribution in [1.82, 2.24) is 0 Å². The third-order valence-corrected chi connectivity index (χ3v) is 4.41. The van der Waals surface area contributed by atoms with Crippen LogP contribution in [-0.2, 0) is 9.53 Å². The summed E-state index contributed by atoms with van der Waals surface area (Å²) in [6.45, 7) is -0.607. The van der Waals surface area contributed by atoms with E-state index < -0.39 is 24.1 Å². The van der Waals surface area contributed by atoms with Crippen LogP contribution >= 0.6 is 27.5 Å². The van der Waals surface area contributed by atoms with Crippen molar-refractivity contribution >= 4 is 56.1 Å². The number of ether oxygens (including phenoxy) is 2. The number of methoxy groups -OCH3 is 1. The lowest BCUT2D eigenvalue weighted by atomic mass is 10.2. The van der Waals surface area contributed by atoms with Crippen molar-refractivity contribution < 1.29 is 23.5 Å². The first-order chi connectivity index (χ1) is 13.4. The van der Waals surface area contributed by atoms with Crippen LogP contribution in [0.15, 0.2) is 56.1 Å². The highest BCUT2D eigenvalue weighted by atomic mass is 79.9. The maximum Gasteiger partial charge on any atom is 0.351 e. The molecule has 0 aliphatic carbocycles. The Balaban J connectivity index is 1.71. The van der Waals surface area contributed by atoms with Gasteiger partial charge in [-0.1, -0.05) is 27.5 Å². The van der Waals surface area contributed by atoms with E-state index in [1.165, 1.54) is 19.2 Å². The van der Waals surface area contributed by atoms with Crippen molar-refractivity contribution in [3.8, 4) is 5.75 Å². The fourth-order valence-corrected chi connectivity index (χ4v) is 2.96. The van der Waals surface area contributed by atoms with Gasteiger partial charge in [-0.25, -0.2) is 9.59 Å². The van der Waals surface area contributed by atoms with Gasteiger partial charge in [0, 0.05) is 14.9 Å². The number of benzene rings is 2. The van der Waals surface area contributed by atoms with Crippen molar-refractivity contribution in [2.24, 2.45) is 0 Å². The molecule has 3 rings (SSSR count). The smallest absolute Gasteiger partial charge is 0.351 e. The van der Waals surface area contributed by atoms with Gasteiger partial charge in [-0.15, -0.1) is 0 Å². The second kappa shape index (κ2) is 8.45. The molecular weight excluding hydrogens is 454 g/mol. The summed E-state index contributed by atoms with van der Waals surface area (Å²) in [7, 11) is 1.44. The van der Waals surface area contributed by atoms with Crippen LogP contribution in [0.4, 0.5) is 5.69 Å². The molecule has 0 aliphatic rings. The number of hydrogen-bond acceptors (Lipinski definition) is 6. The molecule has 144 valence electrons. The minimum Gasteiger partial charge on any atom is -0.495 e. The Labute approximate surface area is 172 Å². The Kier molecular flexibility index (Phi) is 6.01. The van der Waals surface area contributed by atoms with Gasteiger partial charge < -0.3 is 19.2 Å². The number of halogens is 2. The topological polar surface area (TPSA) is 94.8 Å². The summed E-state index contributed by atoms with van der Waals surface area (Å²) in [5.41, 5.74) is -0.503. The Morgan fingerprint density at radius 2 is 1.96 bits per heavy atom. The van der Waals surface area contributed by atoms with Crippen LogP contribution in [0, 0.1) is 0 Å². The van der Waals surface area contributed by atoms with E-state index in [-0.39, 0.29) is 5.56 Å². The maximum absolute atomic E-state index is 12.2. The second-order valence-corrected chi connectivity index (χ2v) is 6.95. The number of amides is 1. The van der Waals surface area contributed by atoms with Crippen LogP contribution in [0.25, 0.3) is 11.0 Å². The van der Waals surface area contributed by atoms with Gasteiger partial charge in [0.15, 0.2) is 6.61 Å². The SMILES string of the molecule is COc1ccc(Cl)cc1NC(=O)COC(=O)c1cc2cc(Br)ccc2oc1=O. The van der Waals surface area contributed by atoms with E-state index in [1.807, 2.05) is 0 Å². The van der Waals surface area contributed by atoms with Crippen molar-refractivity contribution in [1.29, 1.82) is 0 Å². The largest absolute Gasteiger partial charge is 0.495 e. The van der Waals surface area contributed by atoms with Crippen molar-refractivity contribution in [2.45, 2.75) is 0 Å². The van der Waals surface area contributed by atoms with Gasteiger partial charge in [0.2, 0.25) is 0 Å². The van der Waals surface area contributed by atoms with E-state index in [2.05, 4.69) is 21.2 Å². The standard InChI is InChI=1S/C19H13BrClNO6/c1-26-16-5-3-12(21)8-14(16)22-17(23)9-27-18(24)13-7-10-6-11(20)2-4-15(10)28-19(13)25/h2-8H,9H2,1H3,(H,22,23). The molecule has 0 aliphatic heterocycles. The van der Waals surface area contributed by atoms with E-state index in [1.54, 1.807) is 30.3 Å². The van der Waals surface area contributed by atoms with Crippen LogP contribution in [0.2, 0.25) is 5.02 Å². The first-order valence-corrected chi connectivity index (χ1v) is 9.08. The monoisotopic (exact) mass is 465 g/mol. The number of rotatable bonds is 5. The number of esters is 1. The zero-order chi connectivity index (χ0) is 20.3. The molecule has 9 heteroatoms. The molecular formula is C19H13BrClNO6. The molecule has 1 aromatic heterocycles. The molecule has 28 heavy (non-hydrogen) atoms. The summed E-state index contributed by atoms with van der Waals surface area (Å²) in [5.74, 6) is -1.20. The number of anilines is 1. The molecule has 0 saturated carbocycles. The number of carbonyl (C=O) groups is 2. The molecule has 3 aromatic rings. The predicted octanol–water partition coefficient (Wildman–Crippen LogP) is 4.01. The molecule has 0 radical (unpaired) electrons. The van der Waals surface area contributed by atoms with Crippen molar-refractivity contribution in [3.63, 3.8) is 0 Å². The van der Waals surface area contributed by atoms with Crippen LogP contribution in [0.1, 0.15) is 10.4 Å². The van der Waals surface area contributed by atoms with E-state index >= 15 is 0 Å². The number of hydrogen-bond donors (Lipinski definition) is 1. The van der Waals surface area contributed by atoms with E-state index in [9.17, 15) is 14.4 Å². The zero-order valence-corrected chi connectivity index (χ0v) is 16.8. The van der Waals surface area contributed by atoms with Gasteiger partial charge in [-0.05, 0) is 42.5 Å². The Bertz CT molecular complexity index is 1130. The van der Waals surface area contributed by atoms with E-state index in [0.29, 0.717) is 27.4 Å². The van der Waals surface area contributed by atoms with Crippen LogP contribution in [0.3, 0.4) is 0 Å². The molecule has 1 N–H and O–H groups in total. The van der Waals surface area contributed by atoms with Crippen molar-refractivity contribution in [3.05, 3.63) is 67.9 Å². The molecule has 0 unspecified atom stereocenters. The molecule has 0 saturated heterocycles. The third kappa shape index (κ3) is 4.52. The Morgan fingerprint density at radius 1 is 1.18 bits per heavy atom. The molecule has 0 fully saturated rings. The fourth-order valence-electron chi connectivity index (χ4n) is 2.41. The molecule has 0 bridgehead atoms. The third-order valence-electron chi connectivity index (χ3n) is 3.68. The second-order valence-electron chi connectivity index (χ2n) is 5.60. The lowest BCUT2D eigenvalue weighted by molar-refractivity contribution is -0.119. The molecule has 1 heterocycles. The highest BCUT2D eigenvalue weighted by Gasteiger charge is 2.17. The average molecular weight is 467 g/mol. The Hall–Kier alpha value is -2.84. The average Bonchev–Trinajstić information content (AvgIpc) is 2.66. The summed E-state index contributed by atoms with van der Waals surface area (Å²) in [4.78, 5) is 36.3. The quantitative estimate of drug-likeness (QED) is 0.451.